The van der Waals surface area contributed by atoms with Crippen LogP contribution in [0.15, 0.2) is 18.2 Å². The molecule has 0 radical (unpaired) electrons. The number of hydrogen-bond donors (Lipinski definition) is 0. The maximum absolute atomic E-state index is 13.7. The Kier molecular flexibility index (Phi) is 3.91. The van der Waals surface area contributed by atoms with Gasteiger partial charge in [0.25, 0.3) is 5.91 Å². The van der Waals surface area contributed by atoms with Crippen LogP contribution >= 0.6 is 0 Å². The second kappa shape index (κ2) is 5.69. The summed E-state index contributed by atoms with van der Waals surface area (Å²) < 4.78 is 38.0. The van der Waals surface area contributed by atoms with Gasteiger partial charge in [-0.05, 0) is 18.6 Å². The highest BCUT2D eigenvalue weighted by molar-refractivity contribution is 5.94. The normalized spacial score (nSPS) is 21.5. The zero-order chi connectivity index (χ0) is 14.9. The van der Waals surface area contributed by atoms with E-state index in [1.54, 1.807) is 4.90 Å². The molecule has 1 amide bonds. The van der Waals surface area contributed by atoms with Crippen LogP contribution in [0.1, 0.15) is 29.6 Å². The van der Waals surface area contributed by atoms with Gasteiger partial charge in [-0.25, -0.2) is 8.78 Å². The minimum atomic E-state index is -0.828. The van der Waals surface area contributed by atoms with Crippen molar-refractivity contribution in [3.63, 3.8) is 0 Å². The van der Waals surface area contributed by atoms with Crippen LogP contribution < -0.4 is 0 Å². The number of hydrogen-bond acceptors (Lipinski definition) is 3. The van der Waals surface area contributed by atoms with Gasteiger partial charge in [0.15, 0.2) is 5.79 Å². The molecule has 0 aromatic heterocycles. The van der Waals surface area contributed by atoms with E-state index >= 15 is 0 Å². The zero-order valence-corrected chi connectivity index (χ0v) is 11.6. The molecule has 0 bridgehead atoms. The molecule has 2 fully saturated rings. The van der Waals surface area contributed by atoms with Gasteiger partial charge in [-0.1, -0.05) is 0 Å². The Hall–Kier alpha value is -1.53. The Morgan fingerprint density at radius 1 is 1.14 bits per heavy atom. The third-order valence-corrected chi connectivity index (χ3v) is 3.99. The minimum Gasteiger partial charge on any atom is -0.350 e. The SMILES string of the molecule is O=C(c1ccc(F)cc1F)N1CCC2(CC1)OCCCO2. The maximum atomic E-state index is 13.7. The lowest BCUT2D eigenvalue weighted by atomic mass is 10.0. The van der Waals surface area contributed by atoms with Crippen molar-refractivity contribution in [3.8, 4) is 0 Å². The molecule has 114 valence electrons. The summed E-state index contributed by atoms with van der Waals surface area (Å²) in [6, 6.07) is 3.01. The molecule has 0 aliphatic carbocycles. The van der Waals surface area contributed by atoms with Crippen molar-refractivity contribution in [2.45, 2.75) is 25.0 Å². The number of nitrogens with zero attached hydrogens (tertiary/aromatic N) is 1. The summed E-state index contributed by atoms with van der Waals surface area (Å²) in [4.78, 5) is 13.8. The number of carbonyl (C=O) groups excluding carboxylic acids is 1. The standard InChI is InChI=1S/C15H17F2NO3/c16-11-2-3-12(13(17)10-11)14(19)18-6-4-15(5-7-18)20-8-1-9-21-15/h2-3,10H,1,4-9H2. The van der Waals surface area contributed by atoms with Crippen molar-refractivity contribution >= 4 is 5.91 Å². The van der Waals surface area contributed by atoms with Crippen molar-refractivity contribution in [2.75, 3.05) is 26.3 Å². The van der Waals surface area contributed by atoms with E-state index in [9.17, 15) is 13.6 Å². The summed E-state index contributed by atoms with van der Waals surface area (Å²) >= 11 is 0. The molecule has 4 nitrogen and oxygen atoms in total. The van der Waals surface area contributed by atoms with Crippen molar-refractivity contribution in [1.29, 1.82) is 0 Å². The summed E-state index contributed by atoms with van der Waals surface area (Å²) in [6.45, 7) is 2.21. The number of likely N-dealkylation sites (tertiary alicyclic amines) is 1. The van der Waals surface area contributed by atoms with Gasteiger partial charge >= 0.3 is 0 Å². The quantitative estimate of drug-likeness (QED) is 0.798. The zero-order valence-electron chi connectivity index (χ0n) is 11.6. The first-order chi connectivity index (χ1) is 10.1. The predicted molar refractivity (Wildman–Crippen MR) is 70.7 cm³/mol. The van der Waals surface area contributed by atoms with Crippen molar-refractivity contribution in [1.82, 2.24) is 4.90 Å². The molecule has 0 atom stereocenters. The van der Waals surface area contributed by atoms with Crippen molar-refractivity contribution in [3.05, 3.63) is 35.4 Å². The molecule has 1 aromatic rings. The lowest BCUT2D eigenvalue weighted by Gasteiger charge is -2.43. The molecule has 2 aliphatic heterocycles. The van der Waals surface area contributed by atoms with E-state index in [-0.39, 0.29) is 5.56 Å². The second-order valence-corrected chi connectivity index (χ2v) is 5.38. The number of piperidine rings is 1. The molecule has 1 spiro atoms. The average Bonchev–Trinajstić information content (AvgIpc) is 2.48. The highest BCUT2D eigenvalue weighted by atomic mass is 19.1. The van der Waals surface area contributed by atoms with E-state index in [1.165, 1.54) is 6.07 Å². The molecule has 0 saturated carbocycles. The molecule has 2 aliphatic rings. The first-order valence-electron chi connectivity index (χ1n) is 7.12. The fraction of sp³-hybridized carbons (Fsp3) is 0.533. The van der Waals surface area contributed by atoms with Crippen molar-refractivity contribution in [2.24, 2.45) is 0 Å². The largest absolute Gasteiger partial charge is 0.350 e. The molecule has 6 heteroatoms. The summed E-state index contributed by atoms with van der Waals surface area (Å²) in [5.41, 5.74) is -0.0992. The Bertz CT molecular complexity index is 534. The number of benzene rings is 1. The predicted octanol–water partition coefficient (Wildman–Crippen LogP) is 2.33. The van der Waals surface area contributed by atoms with E-state index in [1.807, 2.05) is 0 Å². The lowest BCUT2D eigenvalue weighted by molar-refractivity contribution is -0.281. The molecule has 2 heterocycles. The number of carbonyl (C=O) groups is 1. The first-order valence-corrected chi connectivity index (χ1v) is 7.12. The van der Waals surface area contributed by atoms with Crippen LogP contribution in [0.4, 0.5) is 8.78 Å². The van der Waals surface area contributed by atoms with Crippen LogP contribution in [-0.4, -0.2) is 42.9 Å². The van der Waals surface area contributed by atoms with Crippen LogP contribution in [0.5, 0.6) is 0 Å². The van der Waals surface area contributed by atoms with Gasteiger partial charge in [0.1, 0.15) is 11.6 Å². The second-order valence-electron chi connectivity index (χ2n) is 5.38. The van der Waals surface area contributed by atoms with Crippen LogP contribution in [-0.2, 0) is 9.47 Å². The highest BCUT2D eigenvalue weighted by Gasteiger charge is 2.39. The molecule has 1 aromatic carbocycles. The number of amides is 1. The fourth-order valence-electron chi connectivity index (χ4n) is 2.79. The smallest absolute Gasteiger partial charge is 0.256 e. The van der Waals surface area contributed by atoms with Crippen molar-refractivity contribution < 1.29 is 23.0 Å². The van der Waals surface area contributed by atoms with Gasteiger partial charge in [-0.3, -0.25) is 4.79 Å². The van der Waals surface area contributed by atoms with Crippen LogP contribution in [0.25, 0.3) is 0 Å². The monoisotopic (exact) mass is 297 g/mol. The van der Waals surface area contributed by atoms with Gasteiger partial charge in [0.2, 0.25) is 0 Å². The molecule has 0 unspecified atom stereocenters. The van der Waals surface area contributed by atoms with Crippen LogP contribution in [0.2, 0.25) is 0 Å². The highest BCUT2D eigenvalue weighted by Crippen LogP contribution is 2.31. The topological polar surface area (TPSA) is 38.8 Å². The Balaban J connectivity index is 1.67. The molecule has 3 rings (SSSR count). The average molecular weight is 297 g/mol. The van der Waals surface area contributed by atoms with E-state index in [4.69, 9.17) is 9.47 Å². The van der Waals surface area contributed by atoms with E-state index in [2.05, 4.69) is 0 Å². The van der Waals surface area contributed by atoms with Crippen LogP contribution in [0, 0.1) is 11.6 Å². The maximum Gasteiger partial charge on any atom is 0.256 e. The molecular formula is C15H17F2NO3. The fourth-order valence-corrected chi connectivity index (χ4v) is 2.79. The molecule has 2 saturated heterocycles. The summed E-state index contributed by atoms with van der Waals surface area (Å²) in [6.07, 6.45) is 2.02. The molecule has 0 N–H and O–H groups in total. The van der Waals surface area contributed by atoms with E-state index in [0.29, 0.717) is 39.1 Å². The Labute approximate surface area is 121 Å². The van der Waals surface area contributed by atoms with Gasteiger partial charge in [0, 0.05) is 32.0 Å². The Morgan fingerprint density at radius 2 is 1.81 bits per heavy atom. The number of rotatable bonds is 1. The van der Waals surface area contributed by atoms with Gasteiger partial charge < -0.3 is 14.4 Å². The van der Waals surface area contributed by atoms with Gasteiger partial charge in [-0.15, -0.1) is 0 Å². The third-order valence-electron chi connectivity index (χ3n) is 3.99. The summed E-state index contributed by atoms with van der Waals surface area (Å²) in [5.74, 6) is -2.52. The van der Waals surface area contributed by atoms with E-state index < -0.39 is 23.3 Å². The number of halogens is 2. The number of ether oxygens (including phenoxy) is 2. The summed E-state index contributed by atoms with van der Waals surface area (Å²) in [7, 11) is 0. The summed E-state index contributed by atoms with van der Waals surface area (Å²) in [5, 5.41) is 0. The van der Waals surface area contributed by atoms with Gasteiger partial charge in [0.05, 0.1) is 18.8 Å². The van der Waals surface area contributed by atoms with Gasteiger partial charge in [-0.2, -0.15) is 0 Å². The van der Waals surface area contributed by atoms with E-state index in [0.717, 1.165) is 18.6 Å². The molecule has 21 heavy (non-hydrogen) atoms. The lowest BCUT2D eigenvalue weighted by Crippen LogP contribution is -2.51. The first kappa shape index (κ1) is 14.4. The Morgan fingerprint density at radius 3 is 2.43 bits per heavy atom. The molecular weight excluding hydrogens is 280 g/mol. The van der Waals surface area contributed by atoms with Crippen LogP contribution in [0.3, 0.4) is 0 Å². The minimum absolute atomic E-state index is 0.0992. The third kappa shape index (κ3) is 2.91.